The molecule has 0 fully saturated rings. The van der Waals surface area contributed by atoms with Crippen molar-refractivity contribution in [3.05, 3.63) is 64.3 Å². The van der Waals surface area contributed by atoms with E-state index >= 15 is 0 Å². The average molecular weight is 309 g/mol. The number of hydrogen-bond acceptors (Lipinski definition) is 5. The molecular weight excluding hydrogens is 294 g/mol. The molecule has 1 heterocycles. The van der Waals surface area contributed by atoms with Gasteiger partial charge in [0.2, 0.25) is 5.88 Å². The lowest BCUT2D eigenvalue weighted by atomic mass is 10.1. The molecule has 116 valence electrons. The average Bonchev–Trinajstić information content (AvgIpc) is 2.54. The van der Waals surface area contributed by atoms with E-state index < -0.39 is 4.92 Å². The molecule has 0 radical (unpaired) electrons. The lowest BCUT2D eigenvalue weighted by Gasteiger charge is -2.11. The van der Waals surface area contributed by atoms with Gasteiger partial charge in [-0.1, -0.05) is 6.07 Å². The number of fused-ring (bicyclic) bond motifs is 1. The molecule has 1 aromatic heterocycles. The van der Waals surface area contributed by atoms with Crippen molar-refractivity contribution in [2.45, 2.75) is 6.92 Å². The van der Waals surface area contributed by atoms with E-state index in [1.54, 1.807) is 12.1 Å². The van der Waals surface area contributed by atoms with E-state index in [1.807, 2.05) is 38.2 Å². The van der Waals surface area contributed by atoms with E-state index in [1.165, 1.54) is 12.1 Å². The van der Waals surface area contributed by atoms with Gasteiger partial charge >= 0.3 is 0 Å². The third kappa shape index (κ3) is 2.91. The number of nitrogens with zero attached hydrogens (tertiary/aromatic N) is 2. The van der Waals surface area contributed by atoms with Crippen molar-refractivity contribution in [3.63, 3.8) is 0 Å². The van der Waals surface area contributed by atoms with E-state index in [0.717, 1.165) is 22.2 Å². The van der Waals surface area contributed by atoms with Gasteiger partial charge in [-0.05, 0) is 37.3 Å². The zero-order chi connectivity index (χ0) is 16.4. The number of anilines is 1. The normalized spacial score (nSPS) is 10.5. The third-order valence-electron chi connectivity index (χ3n) is 3.50. The lowest BCUT2D eigenvalue weighted by molar-refractivity contribution is -0.384. The summed E-state index contributed by atoms with van der Waals surface area (Å²) < 4.78 is 5.85. The van der Waals surface area contributed by atoms with Crippen LogP contribution in [0.15, 0.2) is 48.5 Å². The van der Waals surface area contributed by atoms with Crippen LogP contribution in [0.4, 0.5) is 11.4 Å². The summed E-state index contributed by atoms with van der Waals surface area (Å²) in [5.74, 6) is 0.982. The van der Waals surface area contributed by atoms with Crippen LogP contribution in [0.25, 0.3) is 10.8 Å². The van der Waals surface area contributed by atoms with Gasteiger partial charge in [-0.25, -0.2) is 4.98 Å². The minimum absolute atomic E-state index is 0.0249. The molecule has 0 aliphatic heterocycles. The molecule has 0 spiro atoms. The first-order valence-corrected chi connectivity index (χ1v) is 7.09. The fourth-order valence-corrected chi connectivity index (χ4v) is 2.41. The van der Waals surface area contributed by atoms with E-state index in [4.69, 9.17) is 4.74 Å². The van der Waals surface area contributed by atoms with Gasteiger partial charge in [-0.3, -0.25) is 10.1 Å². The lowest BCUT2D eigenvalue weighted by Crippen LogP contribution is -1.95. The Kier molecular flexibility index (Phi) is 3.80. The molecule has 0 aliphatic rings. The van der Waals surface area contributed by atoms with Gasteiger partial charge in [0.1, 0.15) is 5.75 Å². The van der Waals surface area contributed by atoms with Crippen LogP contribution in [0.1, 0.15) is 5.69 Å². The fourth-order valence-electron chi connectivity index (χ4n) is 2.41. The molecule has 23 heavy (non-hydrogen) atoms. The maximum absolute atomic E-state index is 10.7. The highest BCUT2D eigenvalue weighted by Gasteiger charge is 2.11. The standard InChI is InChI=1S/C17H15N3O3/c1-11-10-15-14(4-3-5-16(15)18-2)17(19-11)23-13-8-6-12(7-9-13)20(21)22/h3-10,18H,1-2H3. The Morgan fingerprint density at radius 2 is 1.87 bits per heavy atom. The Labute approximate surface area is 132 Å². The smallest absolute Gasteiger partial charge is 0.269 e. The molecule has 3 rings (SSSR count). The van der Waals surface area contributed by atoms with Crippen LogP contribution in [0.2, 0.25) is 0 Å². The van der Waals surface area contributed by atoms with Crippen molar-refractivity contribution in [3.8, 4) is 11.6 Å². The Bertz CT molecular complexity index is 876. The summed E-state index contributed by atoms with van der Waals surface area (Å²) in [7, 11) is 1.86. The quantitative estimate of drug-likeness (QED) is 0.574. The monoisotopic (exact) mass is 309 g/mol. The number of nitrogens with one attached hydrogen (secondary N) is 1. The molecule has 0 bridgehead atoms. The van der Waals surface area contributed by atoms with Crippen molar-refractivity contribution in [1.29, 1.82) is 0 Å². The fraction of sp³-hybridized carbons (Fsp3) is 0.118. The maximum atomic E-state index is 10.7. The van der Waals surface area contributed by atoms with E-state index in [9.17, 15) is 10.1 Å². The molecule has 6 heteroatoms. The van der Waals surface area contributed by atoms with Crippen LogP contribution in [0.5, 0.6) is 11.6 Å². The predicted molar refractivity (Wildman–Crippen MR) is 89.2 cm³/mol. The number of hydrogen-bond donors (Lipinski definition) is 1. The minimum atomic E-state index is -0.441. The van der Waals surface area contributed by atoms with Crippen molar-refractivity contribution in [2.24, 2.45) is 0 Å². The second-order valence-corrected chi connectivity index (χ2v) is 5.07. The third-order valence-corrected chi connectivity index (χ3v) is 3.50. The van der Waals surface area contributed by atoms with Crippen molar-refractivity contribution in [2.75, 3.05) is 12.4 Å². The number of rotatable bonds is 4. The Morgan fingerprint density at radius 1 is 1.13 bits per heavy atom. The van der Waals surface area contributed by atoms with Crippen LogP contribution >= 0.6 is 0 Å². The molecule has 0 aliphatic carbocycles. The number of benzene rings is 2. The van der Waals surface area contributed by atoms with Crippen LogP contribution in [0, 0.1) is 17.0 Å². The van der Waals surface area contributed by atoms with Crippen molar-refractivity contribution in [1.82, 2.24) is 4.98 Å². The van der Waals surface area contributed by atoms with E-state index in [2.05, 4.69) is 10.3 Å². The Balaban J connectivity index is 2.04. The zero-order valence-corrected chi connectivity index (χ0v) is 12.7. The molecular formula is C17H15N3O3. The number of non-ortho nitro benzene ring substituents is 1. The number of nitro benzene ring substituents is 1. The summed E-state index contributed by atoms with van der Waals surface area (Å²) in [5, 5.41) is 15.7. The number of nitro groups is 1. The van der Waals surface area contributed by atoms with Gasteiger partial charge in [0, 0.05) is 41.3 Å². The summed E-state index contributed by atoms with van der Waals surface area (Å²) in [6.45, 7) is 1.90. The molecule has 0 unspecified atom stereocenters. The summed E-state index contributed by atoms with van der Waals surface area (Å²) in [4.78, 5) is 14.7. The first kappa shape index (κ1) is 14.8. The second-order valence-electron chi connectivity index (χ2n) is 5.07. The van der Waals surface area contributed by atoms with Gasteiger partial charge in [0.25, 0.3) is 5.69 Å². The Morgan fingerprint density at radius 3 is 2.52 bits per heavy atom. The molecule has 3 aromatic rings. The number of aryl methyl sites for hydroxylation is 1. The van der Waals surface area contributed by atoms with E-state index in [0.29, 0.717) is 11.6 Å². The van der Waals surface area contributed by atoms with Crippen molar-refractivity contribution < 1.29 is 9.66 Å². The summed E-state index contributed by atoms with van der Waals surface area (Å²) in [6, 6.07) is 13.8. The summed E-state index contributed by atoms with van der Waals surface area (Å²) in [6.07, 6.45) is 0. The van der Waals surface area contributed by atoms with Gasteiger partial charge in [-0.15, -0.1) is 0 Å². The molecule has 6 nitrogen and oxygen atoms in total. The van der Waals surface area contributed by atoms with Gasteiger partial charge in [-0.2, -0.15) is 0 Å². The second kappa shape index (κ2) is 5.92. The van der Waals surface area contributed by atoms with Crippen LogP contribution in [-0.2, 0) is 0 Å². The first-order valence-electron chi connectivity index (χ1n) is 7.09. The van der Waals surface area contributed by atoms with E-state index in [-0.39, 0.29) is 5.69 Å². The van der Waals surface area contributed by atoms with Crippen molar-refractivity contribution >= 4 is 22.1 Å². The largest absolute Gasteiger partial charge is 0.438 e. The molecule has 1 N–H and O–H groups in total. The minimum Gasteiger partial charge on any atom is -0.438 e. The number of aromatic nitrogens is 1. The Hall–Kier alpha value is -3.15. The molecule has 0 saturated carbocycles. The zero-order valence-electron chi connectivity index (χ0n) is 12.7. The van der Waals surface area contributed by atoms with Gasteiger partial charge < -0.3 is 10.1 Å². The highest BCUT2D eigenvalue weighted by Crippen LogP contribution is 2.33. The predicted octanol–water partition coefficient (Wildman–Crippen LogP) is 4.29. The summed E-state index contributed by atoms with van der Waals surface area (Å²) in [5.41, 5.74) is 1.84. The van der Waals surface area contributed by atoms with Gasteiger partial charge in [0.15, 0.2) is 0 Å². The molecule has 0 saturated heterocycles. The number of ether oxygens (including phenoxy) is 1. The topological polar surface area (TPSA) is 77.3 Å². The molecule has 2 aromatic carbocycles. The van der Waals surface area contributed by atoms with Crippen LogP contribution in [0.3, 0.4) is 0 Å². The van der Waals surface area contributed by atoms with Crippen LogP contribution < -0.4 is 10.1 Å². The first-order chi connectivity index (χ1) is 11.1. The maximum Gasteiger partial charge on any atom is 0.269 e. The highest BCUT2D eigenvalue weighted by molar-refractivity contribution is 5.97. The SMILES string of the molecule is CNc1cccc2c(Oc3ccc([N+](=O)[O-])cc3)nc(C)cc12. The summed E-state index contributed by atoms with van der Waals surface area (Å²) >= 11 is 0. The molecule has 0 amide bonds. The molecule has 0 atom stereocenters. The van der Waals surface area contributed by atoms with Crippen LogP contribution in [-0.4, -0.2) is 17.0 Å². The van der Waals surface area contributed by atoms with Gasteiger partial charge in [0.05, 0.1) is 4.92 Å². The highest BCUT2D eigenvalue weighted by atomic mass is 16.6. The number of pyridine rings is 1.